The molecule has 0 aromatic rings. The summed E-state index contributed by atoms with van der Waals surface area (Å²) in [6.45, 7) is 4.90. The summed E-state index contributed by atoms with van der Waals surface area (Å²) in [5, 5.41) is 0.421. The molecule has 1 aliphatic heterocycles. The van der Waals surface area contributed by atoms with E-state index in [1.54, 1.807) is 0 Å². The Labute approximate surface area is 80.7 Å². The molecule has 0 N–H and O–H groups in total. The van der Waals surface area contributed by atoms with Crippen molar-refractivity contribution in [3.05, 3.63) is 6.92 Å². The summed E-state index contributed by atoms with van der Waals surface area (Å²) in [6, 6.07) is 0. The van der Waals surface area contributed by atoms with Crippen LogP contribution in [-0.2, 0) is 19.2 Å². The second kappa shape index (κ2) is 4.08. The first-order valence-electron chi connectivity index (χ1n) is 4.08. The van der Waals surface area contributed by atoms with Crippen LogP contribution in [0.5, 0.6) is 0 Å². The molecule has 6 nitrogen and oxygen atoms in total. The predicted molar refractivity (Wildman–Crippen MR) is 43.5 cm³/mol. The second-order valence-corrected chi connectivity index (χ2v) is 2.85. The van der Waals surface area contributed by atoms with Crippen LogP contribution in [0.4, 0.5) is 4.79 Å². The molecule has 1 radical (unpaired) electrons. The molecule has 0 aromatic carbocycles. The molecule has 1 heterocycles. The smallest absolute Gasteiger partial charge is 0.430 e. The van der Waals surface area contributed by atoms with Gasteiger partial charge < -0.3 is 4.74 Å². The number of carbonyl (C=O) groups is 3. The van der Waals surface area contributed by atoms with Crippen LogP contribution in [0.3, 0.4) is 0 Å². The third kappa shape index (κ3) is 2.45. The quantitative estimate of drug-likeness (QED) is 0.477. The van der Waals surface area contributed by atoms with Crippen molar-refractivity contribution < 1.29 is 24.0 Å². The van der Waals surface area contributed by atoms with Gasteiger partial charge in [-0.15, -0.1) is 0 Å². The lowest BCUT2D eigenvalue weighted by Crippen LogP contribution is -2.33. The van der Waals surface area contributed by atoms with Crippen molar-refractivity contribution in [1.82, 2.24) is 5.06 Å². The van der Waals surface area contributed by atoms with Gasteiger partial charge in [0.25, 0.3) is 11.8 Å². The Morgan fingerprint density at radius 3 is 2.36 bits per heavy atom. The SMILES string of the molecule is [CH2]C(C)OC(=O)ON1C(=O)CCC1=O. The highest BCUT2D eigenvalue weighted by Crippen LogP contribution is 2.12. The van der Waals surface area contributed by atoms with Crippen molar-refractivity contribution >= 4 is 18.0 Å². The topological polar surface area (TPSA) is 72.9 Å². The lowest BCUT2D eigenvalue weighted by molar-refractivity contribution is -0.177. The molecule has 77 valence electrons. The van der Waals surface area contributed by atoms with Gasteiger partial charge in [-0.05, 0) is 13.8 Å². The third-order valence-corrected chi connectivity index (χ3v) is 1.47. The lowest BCUT2D eigenvalue weighted by atomic mass is 10.4. The van der Waals surface area contributed by atoms with Crippen molar-refractivity contribution in [1.29, 1.82) is 0 Å². The maximum Gasteiger partial charge on any atom is 0.534 e. The number of amides is 2. The fourth-order valence-electron chi connectivity index (χ4n) is 0.918. The van der Waals surface area contributed by atoms with Gasteiger partial charge in [-0.3, -0.25) is 14.4 Å². The van der Waals surface area contributed by atoms with E-state index in [2.05, 4.69) is 16.5 Å². The van der Waals surface area contributed by atoms with Gasteiger partial charge in [0.1, 0.15) is 6.10 Å². The highest BCUT2D eigenvalue weighted by molar-refractivity contribution is 6.01. The van der Waals surface area contributed by atoms with E-state index in [4.69, 9.17) is 0 Å². The number of imide groups is 1. The van der Waals surface area contributed by atoms with E-state index in [0.29, 0.717) is 5.06 Å². The summed E-state index contributed by atoms with van der Waals surface area (Å²) >= 11 is 0. The molecule has 1 fully saturated rings. The molecule has 1 rings (SSSR count). The number of hydroxylamine groups is 2. The van der Waals surface area contributed by atoms with E-state index in [0.717, 1.165) is 0 Å². The summed E-state index contributed by atoms with van der Waals surface area (Å²) in [5.41, 5.74) is 0. The van der Waals surface area contributed by atoms with Crippen molar-refractivity contribution in [2.75, 3.05) is 0 Å². The van der Waals surface area contributed by atoms with Gasteiger partial charge in [-0.1, -0.05) is 5.06 Å². The molecule has 2 amide bonds. The Morgan fingerprint density at radius 2 is 1.93 bits per heavy atom. The van der Waals surface area contributed by atoms with Crippen LogP contribution < -0.4 is 0 Å². The molecule has 14 heavy (non-hydrogen) atoms. The number of carbonyl (C=O) groups excluding carboxylic acids is 3. The molecule has 0 bridgehead atoms. The molecule has 1 aliphatic rings. The van der Waals surface area contributed by atoms with Gasteiger partial charge in [0.15, 0.2) is 0 Å². The van der Waals surface area contributed by atoms with Gasteiger partial charge in [-0.25, -0.2) is 4.79 Å². The zero-order valence-electron chi connectivity index (χ0n) is 7.69. The minimum absolute atomic E-state index is 0.0615. The van der Waals surface area contributed by atoms with Gasteiger partial charge in [0.2, 0.25) is 0 Å². The summed E-state index contributed by atoms with van der Waals surface area (Å²) < 4.78 is 4.49. The molecule has 0 aromatic heterocycles. The van der Waals surface area contributed by atoms with Crippen molar-refractivity contribution in [3.8, 4) is 0 Å². The third-order valence-electron chi connectivity index (χ3n) is 1.47. The minimum Gasteiger partial charge on any atom is -0.430 e. The Bertz CT molecular complexity index is 257. The number of rotatable bonds is 2. The minimum atomic E-state index is -1.10. The fraction of sp³-hybridized carbons (Fsp3) is 0.500. The van der Waals surface area contributed by atoms with Crippen molar-refractivity contribution in [2.45, 2.75) is 25.9 Å². The van der Waals surface area contributed by atoms with Gasteiger partial charge in [0, 0.05) is 12.8 Å². The van der Waals surface area contributed by atoms with E-state index in [-0.39, 0.29) is 12.8 Å². The zero-order chi connectivity index (χ0) is 10.7. The monoisotopic (exact) mass is 200 g/mol. The number of hydrogen-bond donors (Lipinski definition) is 0. The summed E-state index contributed by atoms with van der Waals surface area (Å²) in [5.74, 6) is -1.08. The van der Waals surface area contributed by atoms with E-state index < -0.39 is 24.1 Å². The Hall–Kier alpha value is -1.59. The summed E-state index contributed by atoms with van der Waals surface area (Å²) in [7, 11) is 0. The van der Waals surface area contributed by atoms with Crippen LogP contribution >= 0.6 is 0 Å². The standard InChI is InChI=1S/C8H10NO5/c1-5(2)13-8(12)14-9-6(10)3-4-7(9)11/h5H,1,3-4H2,2H3. The zero-order valence-corrected chi connectivity index (χ0v) is 7.69. The Balaban J connectivity index is 2.47. The Morgan fingerprint density at radius 1 is 1.43 bits per heavy atom. The number of ether oxygens (including phenoxy) is 1. The fourth-order valence-corrected chi connectivity index (χ4v) is 0.918. The van der Waals surface area contributed by atoms with Crippen LogP contribution in [0.2, 0.25) is 0 Å². The first-order chi connectivity index (χ1) is 6.50. The second-order valence-electron chi connectivity index (χ2n) is 2.85. The first kappa shape index (κ1) is 10.5. The first-order valence-corrected chi connectivity index (χ1v) is 4.08. The van der Waals surface area contributed by atoms with Crippen molar-refractivity contribution in [3.63, 3.8) is 0 Å². The lowest BCUT2D eigenvalue weighted by Gasteiger charge is -2.13. The highest BCUT2D eigenvalue weighted by Gasteiger charge is 2.33. The molecule has 1 unspecified atom stereocenters. The van der Waals surface area contributed by atoms with Crippen LogP contribution in [-0.4, -0.2) is 29.1 Å². The van der Waals surface area contributed by atoms with E-state index in [9.17, 15) is 14.4 Å². The Kier molecular flexibility index (Phi) is 3.06. The molecular weight excluding hydrogens is 190 g/mol. The molecule has 6 heteroatoms. The van der Waals surface area contributed by atoms with E-state index in [1.807, 2.05) is 0 Å². The number of nitrogens with zero attached hydrogens (tertiary/aromatic N) is 1. The average molecular weight is 200 g/mol. The van der Waals surface area contributed by atoms with Gasteiger partial charge >= 0.3 is 6.16 Å². The highest BCUT2D eigenvalue weighted by atomic mass is 16.8. The molecule has 0 saturated carbocycles. The van der Waals surface area contributed by atoms with Crippen LogP contribution in [0, 0.1) is 6.92 Å². The van der Waals surface area contributed by atoms with Crippen LogP contribution in [0.25, 0.3) is 0 Å². The summed E-state index contributed by atoms with van der Waals surface area (Å²) in [6.07, 6.45) is -1.58. The van der Waals surface area contributed by atoms with E-state index in [1.165, 1.54) is 6.92 Å². The number of hydrogen-bond acceptors (Lipinski definition) is 5. The molecule has 1 atom stereocenters. The van der Waals surface area contributed by atoms with Crippen LogP contribution in [0.15, 0.2) is 0 Å². The maximum atomic E-state index is 11.0. The van der Waals surface area contributed by atoms with Crippen molar-refractivity contribution in [2.24, 2.45) is 0 Å². The van der Waals surface area contributed by atoms with Crippen LogP contribution in [0.1, 0.15) is 19.8 Å². The molecular formula is C8H10NO5. The van der Waals surface area contributed by atoms with E-state index >= 15 is 0 Å². The average Bonchev–Trinajstić information content (AvgIpc) is 2.34. The van der Waals surface area contributed by atoms with Gasteiger partial charge in [0.05, 0.1) is 0 Å². The largest absolute Gasteiger partial charge is 0.534 e. The molecule has 0 spiro atoms. The molecule has 0 aliphatic carbocycles. The maximum absolute atomic E-state index is 11.0. The van der Waals surface area contributed by atoms with Gasteiger partial charge in [-0.2, -0.15) is 0 Å². The summed E-state index contributed by atoms with van der Waals surface area (Å²) in [4.78, 5) is 37.2. The predicted octanol–water partition coefficient (Wildman–Crippen LogP) is 0.426. The molecule has 1 saturated heterocycles. The normalized spacial score (nSPS) is 16.4.